The molecule has 1 fully saturated rings. The van der Waals surface area contributed by atoms with Gasteiger partial charge in [-0.05, 0) is 51.8 Å². The average Bonchev–Trinajstić information content (AvgIpc) is 3.49. The molecule has 1 aliphatic rings. The zero-order chi connectivity index (χ0) is 26.9. The number of hydrogen-bond donors (Lipinski definition) is 0. The lowest BCUT2D eigenvalue weighted by molar-refractivity contribution is -0.140. The molecule has 0 N–H and O–H groups in total. The number of amides is 2. The maximum atomic E-state index is 13.4. The number of likely N-dealkylation sites (tertiary alicyclic amines) is 1. The minimum absolute atomic E-state index is 0.000455. The van der Waals surface area contributed by atoms with Crippen LogP contribution in [-0.2, 0) is 39.3 Å². The zero-order valence-corrected chi connectivity index (χ0v) is 21.9. The first-order valence-electron chi connectivity index (χ1n) is 12.1. The number of esters is 1. The van der Waals surface area contributed by atoms with Crippen LogP contribution in [0.15, 0.2) is 59.3 Å². The Bertz CT molecular complexity index is 1440. The van der Waals surface area contributed by atoms with Crippen LogP contribution in [0.25, 0.3) is 17.0 Å². The molecular formula is C28H31N5O4. The molecule has 2 amide bonds. The van der Waals surface area contributed by atoms with E-state index < -0.39 is 5.97 Å². The molecule has 2 aromatic heterocycles. The summed E-state index contributed by atoms with van der Waals surface area (Å²) in [5.74, 6) is -1.06. The number of rotatable bonds is 8. The molecule has 3 aromatic rings. The van der Waals surface area contributed by atoms with Crippen LogP contribution in [0, 0.1) is 6.92 Å². The van der Waals surface area contributed by atoms with E-state index in [0.29, 0.717) is 35.4 Å². The Hall–Kier alpha value is -4.27. The lowest BCUT2D eigenvalue weighted by Gasteiger charge is -2.12. The van der Waals surface area contributed by atoms with E-state index in [1.54, 1.807) is 17.8 Å². The fourth-order valence-corrected chi connectivity index (χ4v) is 4.53. The SMILES string of the molecule is C=C(C)C(=O)OCc1cn(CCCN2C(=O)C(=C(C)C)/C(=C/c3c(C)c4ccccc4n3C)C2=O)nn1. The third kappa shape index (κ3) is 5.02. The fourth-order valence-electron chi connectivity index (χ4n) is 4.53. The Kier molecular flexibility index (Phi) is 7.24. The molecule has 0 spiro atoms. The monoisotopic (exact) mass is 501 g/mol. The first-order chi connectivity index (χ1) is 17.6. The number of allylic oxidation sites excluding steroid dienone is 1. The number of para-hydroxylation sites is 1. The van der Waals surface area contributed by atoms with Crippen molar-refractivity contribution in [2.45, 2.75) is 47.3 Å². The first kappa shape index (κ1) is 25.8. The Morgan fingerprint density at radius 2 is 1.84 bits per heavy atom. The number of aromatic nitrogens is 4. The summed E-state index contributed by atoms with van der Waals surface area (Å²) < 4.78 is 8.74. The number of ether oxygens (including phenoxy) is 1. The van der Waals surface area contributed by atoms with Crippen LogP contribution in [-0.4, -0.2) is 48.8 Å². The predicted molar refractivity (Wildman–Crippen MR) is 140 cm³/mol. The molecule has 0 aliphatic carbocycles. The van der Waals surface area contributed by atoms with Gasteiger partial charge in [0.1, 0.15) is 12.3 Å². The minimum atomic E-state index is -0.488. The molecule has 1 saturated heterocycles. The smallest absolute Gasteiger partial charge is 0.333 e. The highest BCUT2D eigenvalue weighted by molar-refractivity contribution is 6.26. The Morgan fingerprint density at radius 1 is 1.11 bits per heavy atom. The molecule has 9 nitrogen and oxygen atoms in total. The van der Waals surface area contributed by atoms with Crippen LogP contribution < -0.4 is 0 Å². The first-order valence-corrected chi connectivity index (χ1v) is 12.1. The van der Waals surface area contributed by atoms with Crippen molar-refractivity contribution in [3.63, 3.8) is 0 Å². The van der Waals surface area contributed by atoms with E-state index in [1.165, 1.54) is 4.90 Å². The second kappa shape index (κ2) is 10.4. The molecule has 0 atom stereocenters. The van der Waals surface area contributed by atoms with E-state index in [1.807, 2.05) is 52.1 Å². The van der Waals surface area contributed by atoms with Gasteiger partial charge < -0.3 is 9.30 Å². The van der Waals surface area contributed by atoms with Gasteiger partial charge in [-0.3, -0.25) is 19.2 Å². The zero-order valence-electron chi connectivity index (χ0n) is 21.9. The molecular weight excluding hydrogens is 470 g/mol. The van der Waals surface area contributed by atoms with Crippen molar-refractivity contribution in [1.29, 1.82) is 0 Å². The fraction of sp³-hybridized carbons (Fsp3) is 0.321. The molecule has 4 rings (SSSR count). The van der Waals surface area contributed by atoms with Gasteiger partial charge in [-0.25, -0.2) is 4.79 Å². The summed E-state index contributed by atoms with van der Waals surface area (Å²) in [7, 11) is 1.97. The third-order valence-electron chi connectivity index (χ3n) is 6.45. The van der Waals surface area contributed by atoms with E-state index in [2.05, 4.69) is 27.5 Å². The van der Waals surface area contributed by atoms with Gasteiger partial charge in [0.15, 0.2) is 0 Å². The lowest BCUT2D eigenvalue weighted by atomic mass is 10.0. The van der Waals surface area contributed by atoms with Crippen LogP contribution in [0.3, 0.4) is 0 Å². The van der Waals surface area contributed by atoms with Gasteiger partial charge in [0.05, 0.1) is 17.3 Å². The number of carbonyl (C=O) groups excluding carboxylic acids is 3. The topological polar surface area (TPSA) is 99.3 Å². The summed E-state index contributed by atoms with van der Waals surface area (Å²) in [6.07, 6.45) is 4.02. The Morgan fingerprint density at radius 3 is 2.51 bits per heavy atom. The quantitative estimate of drug-likeness (QED) is 0.264. The van der Waals surface area contributed by atoms with Gasteiger partial charge in [0.2, 0.25) is 0 Å². The van der Waals surface area contributed by atoms with Gasteiger partial charge in [0.25, 0.3) is 11.8 Å². The van der Waals surface area contributed by atoms with E-state index in [4.69, 9.17) is 4.74 Å². The van der Waals surface area contributed by atoms with Crippen LogP contribution >= 0.6 is 0 Å². The van der Waals surface area contributed by atoms with Crippen LogP contribution in [0.2, 0.25) is 0 Å². The van der Waals surface area contributed by atoms with Gasteiger partial charge >= 0.3 is 5.97 Å². The van der Waals surface area contributed by atoms with Gasteiger partial charge in [-0.15, -0.1) is 5.10 Å². The second-order valence-electron chi connectivity index (χ2n) is 9.46. The van der Waals surface area contributed by atoms with Gasteiger partial charge in [-0.2, -0.15) is 0 Å². The van der Waals surface area contributed by atoms with Crippen molar-refractivity contribution in [3.8, 4) is 0 Å². The van der Waals surface area contributed by atoms with Crippen LogP contribution in [0.5, 0.6) is 0 Å². The highest BCUT2D eigenvalue weighted by Gasteiger charge is 2.39. The standard InChI is InChI=1S/C28H31N5O4/c1-17(2)25-22(14-24-19(5)21-10-7-8-11-23(21)31(24)6)26(34)33(27(25)35)13-9-12-32-15-20(29-30-32)16-37-28(36)18(3)4/h7-8,10-11,14-15H,3,9,12-13,16H2,1-2,4-6H3/b22-14-. The predicted octanol–water partition coefficient (Wildman–Crippen LogP) is 3.88. The number of hydrogen-bond acceptors (Lipinski definition) is 6. The number of nitrogens with zero attached hydrogens (tertiary/aromatic N) is 5. The van der Waals surface area contributed by atoms with Crippen molar-refractivity contribution >= 4 is 34.8 Å². The maximum Gasteiger partial charge on any atom is 0.333 e. The van der Waals surface area contributed by atoms with Gasteiger partial charge in [-0.1, -0.05) is 35.6 Å². The third-order valence-corrected chi connectivity index (χ3v) is 6.45. The summed E-state index contributed by atoms with van der Waals surface area (Å²) in [6.45, 7) is 11.5. The molecule has 37 heavy (non-hydrogen) atoms. The number of carbonyl (C=O) groups is 3. The summed E-state index contributed by atoms with van der Waals surface area (Å²) in [6, 6.07) is 8.08. The van der Waals surface area contributed by atoms with E-state index >= 15 is 0 Å². The molecule has 9 heteroatoms. The molecule has 0 saturated carbocycles. The van der Waals surface area contributed by atoms with E-state index in [0.717, 1.165) is 27.7 Å². The summed E-state index contributed by atoms with van der Waals surface area (Å²) in [5, 5.41) is 9.15. The average molecular weight is 502 g/mol. The van der Waals surface area contributed by atoms with Crippen molar-refractivity contribution in [2.75, 3.05) is 6.54 Å². The molecule has 0 bridgehead atoms. The normalized spacial score (nSPS) is 14.8. The largest absolute Gasteiger partial charge is 0.456 e. The molecule has 0 radical (unpaired) electrons. The summed E-state index contributed by atoms with van der Waals surface area (Å²) >= 11 is 0. The molecule has 0 unspecified atom stereocenters. The minimum Gasteiger partial charge on any atom is -0.456 e. The second-order valence-corrected chi connectivity index (χ2v) is 9.46. The number of fused-ring (bicyclic) bond motifs is 1. The number of benzene rings is 1. The molecule has 1 aliphatic heterocycles. The summed E-state index contributed by atoms with van der Waals surface area (Å²) in [4.78, 5) is 39.5. The Labute approximate surface area is 215 Å². The molecule has 192 valence electrons. The number of aryl methyl sites for hydroxylation is 3. The lowest BCUT2D eigenvalue weighted by Crippen LogP contribution is -2.31. The molecule has 3 heterocycles. The van der Waals surface area contributed by atoms with Gasteiger partial charge in [0, 0.05) is 42.3 Å². The van der Waals surface area contributed by atoms with Crippen molar-refractivity contribution in [3.05, 3.63) is 76.3 Å². The van der Waals surface area contributed by atoms with Crippen molar-refractivity contribution in [2.24, 2.45) is 7.05 Å². The molecule has 1 aromatic carbocycles. The highest BCUT2D eigenvalue weighted by Crippen LogP contribution is 2.33. The van der Waals surface area contributed by atoms with Crippen molar-refractivity contribution in [1.82, 2.24) is 24.5 Å². The highest BCUT2D eigenvalue weighted by atomic mass is 16.5. The van der Waals surface area contributed by atoms with Crippen molar-refractivity contribution < 1.29 is 19.1 Å². The summed E-state index contributed by atoms with van der Waals surface area (Å²) in [5.41, 5.74) is 5.53. The van der Waals surface area contributed by atoms with Crippen LogP contribution in [0.1, 0.15) is 44.1 Å². The van der Waals surface area contributed by atoms with E-state index in [9.17, 15) is 14.4 Å². The maximum absolute atomic E-state index is 13.4. The van der Waals surface area contributed by atoms with Crippen LogP contribution in [0.4, 0.5) is 0 Å². The number of imide groups is 1. The Balaban J connectivity index is 1.49. The van der Waals surface area contributed by atoms with E-state index in [-0.39, 0.29) is 25.0 Å².